The maximum absolute atomic E-state index is 13.3. The quantitative estimate of drug-likeness (QED) is 0.758. The number of hydrogen-bond acceptors (Lipinski definition) is 5. The molecule has 0 spiro atoms. The van der Waals surface area contributed by atoms with E-state index in [4.69, 9.17) is 0 Å². The topological polar surface area (TPSA) is 61.4 Å². The number of piperazine rings is 1. The van der Waals surface area contributed by atoms with Crippen LogP contribution < -0.4 is 10.2 Å². The number of carbonyl (C=O) groups excluding carboxylic acids is 1. The molecular formula is C21H22FN5O. The van der Waals surface area contributed by atoms with E-state index in [1.807, 2.05) is 18.2 Å². The lowest BCUT2D eigenvalue weighted by atomic mass is 10.0. The number of halogens is 1. The average Bonchev–Trinajstić information content (AvgIpc) is 2.68. The molecule has 2 heterocycles. The molecular weight excluding hydrogens is 357 g/mol. The number of likely N-dealkylation sites (N-methyl/N-ethyl adjacent to an activating group) is 1. The largest absolute Gasteiger partial charge is 0.353 e. The van der Waals surface area contributed by atoms with Crippen LogP contribution in [0.25, 0.3) is 22.0 Å². The summed E-state index contributed by atoms with van der Waals surface area (Å²) in [6, 6.07) is 12.3. The number of rotatable bonds is 3. The van der Waals surface area contributed by atoms with Crippen molar-refractivity contribution in [3.05, 3.63) is 48.3 Å². The summed E-state index contributed by atoms with van der Waals surface area (Å²) in [5.74, 6) is 0.659. The molecule has 1 amide bonds. The molecule has 0 bridgehead atoms. The summed E-state index contributed by atoms with van der Waals surface area (Å²) in [7, 11) is 2.10. The minimum Gasteiger partial charge on any atom is -0.353 e. The molecule has 0 atom stereocenters. The van der Waals surface area contributed by atoms with Crippen LogP contribution in [0, 0.1) is 5.82 Å². The Bertz CT molecular complexity index is 1010. The van der Waals surface area contributed by atoms with Crippen LogP contribution >= 0.6 is 0 Å². The maximum atomic E-state index is 13.3. The molecule has 0 radical (unpaired) electrons. The Morgan fingerprint density at radius 2 is 1.68 bits per heavy atom. The van der Waals surface area contributed by atoms with Crippen molar-refractivity contribution in [2.75, 3.05) is 43.4 Å². The van der Waals surface area contributed by atoms with E-state index in [1.165, 1.54) is 19.1 Å². The molecule has 1 saturated heterocycles. The summed E-state index contributed by atoms with van der Waals surface area (Å²) in [4.78, 5) is 25.1. The van der Waals surface area contributed by atoms with Crippen LogP contribution in [-0.4, -0.2) is 54.0 Å². The molecule has 0 saturated carbocycles. The van der Waals surface area contributed by atoms with E-state index < -0.39 is 0 Å². The van der Waals surface area contributed by atoms with E-state index in [2.05, 4.69) is 32.1 Å². The molecule has 3 aromatic rings. The van der Waals surface area contributed by atoms with Gasteiger partial charge in [0.2, 0.25) is 11.9 Å². The Labute approximate surface area is 163 Å². The molecule has 4 rings (SSSR count). The van der Waals surface area contributed by atoms with Gasteiger partial charge in [0.25, 0.3) is 0 Å². The van der Waals surface area contributed by atoms with Gasteiger partial charge in [-0.2, -0.15) is 4.98 Å². The van der Waals surface area contributed by atoms with Gasteiger partial charge in [0.05, 0.1) is 5.52 Å². The highest BCUT2D eigenvalue weighted by Gasteiger charge is 2.20. The van der Waals surface area contributed by atoms with Crippen molar-refractivity contribution in [1.29, 1.82) is 0 Å². The molecule has 2 aromatic carbocycles. The highest BCUT2D eigenvalue weighted by atomic mass is 19.1. The number of hydrogen-bond donors (Lipinski definition) is 1. The molecule has 0 unspecified atom stereocenters. The summed E-state index contributed by atoms with van der Waals surface area (Å²) in [6.45, 7) is 5.03. The van der Waals surface area contributed by atoms with E-state index in [1.54, 1.807) is 12.1 Å². The zero-order valence-electron chi connectivity index (χ0n) is 15.9. The van der Waals surface area contributed by atoms with Gasteiger partial charge in [0, 0.05) is 38.5 Å². The lowest BCUT2D eigenvalue weighted by Crippen LogP contribution is -2.45. The zero-order valence-corrected chi connectivity index (χ0v) is 15.9. The first kappa shape index (κ1) is 18.3. The zero-order chi connectivity index (χ0) is 19.7. The van der Waals surface area contributed by atoms with Gasteiger partial charge in [-0.1, -0.05) is 18.2 Å². The van der Waals surface area contributed by atoms with Crippen LogP contribution in [0.2, 0.25) is 0 Å². The molecule has 6 nitrogen and oxygen atoms in total. The summed E-state index contributed by atoms with van der Waals surface area (Å²) < 4.78 is 13.3. The first-order chi connectivity index (χ1) is 13.5. The molecule has 0 aliphatic carbocycles. The van der Waals surface area contributed by atoms with Gasteiger partial charge in [0.1, 0.15) is 11.6 Å². The van der Waals surface area contributed by atoms with E-state index in [0.717, 1.165) is 54.0 Å². The molecule has 28 heavy (non-hydrogen) atoms. The van der Waals surface area contributed by atoms with Crippen LogP contribution in [0.4, 0.5) is 16.2 Å². The van der Waals surface area contributed by atoms with Crippen molar-refractivity contribution in [2.45, 2.75) is 6.92 Å². The Morgan fingerprint density at radius 3 is 2.36 bits per heavy atom. The third-order valence-electron chi connectivity index (χ3n) is 4.94. The highest BCUT2D eigenvalue weighted by Crippen LogP contribution is 2.31. The lowest BCUT2D eigenvalue weighted by molar-refractivity contribution is -0.114. The predicted octanol–water partition coefficient (Wildman–Crippen LogP) is 3.15. The average molecular weight is 379 g/mol. The number of nitrogens with zero attached hydrogens (tertiary/aromatic N) is 4. The van der Waals surface area contributed by atoms with Crippen molar-refractivity contribution in [3.63, 3.8) is 0 Å². The standard InChI is InChI=1S/C21H22FN5O/c1-14(28)23-21-24-19-8-5-16(15-3-6-17(22)7-4-15)13-18(19)20(25-21)27-11-9-26(2)10-12-27/h3-8,13H,9-12H2,1-2H3,(H,23,24,25,28). The minimum absolute atomic E-state index is 0.202. The summed E-state index contributed by atoms with van der Waals surface area (Å²) in [6.07, 6.45) is 0. The minimum atomic E-state index is -0.258. The predicted molar refractivity (Wildman–Crippen MR) is 109 cm³/mol. The first-order valence-electron chi connectivity index (χ1n) is 9.28. The molecule has 1 N–H and O–H groups in total. The molecule has 1 aliphatic rings. The molecule has 7 heteroatoms. The van der Waals surface area contributed by atoms with Gasteiger partial charge in [-0.15, -0.1) is 0 Å². The van der Waals surface area contributed by atoms with Gasteiger partial charge < -0.3 is 9.80 Å². The summed E-state index contributed by atoms with van der Waals surface area (Å²) in [5.41, 5.74) is 2.66. The van der Waals surface area contributed by atoms with Gasteiger partial charge in [-0.3, -0.25) is 10.1 Å². The van der Waals surface area contributed by atoms with Crippen molar-refractivity contribution in [3.8, 4) is 11.1 Å². The van der Waals surface area contributed by atoms with Crippen LogP contribution in [0.15, 0.2) is 42.5 Å². The molecule has 1 aromatic heterocycles. The number of nitrogens with one attached hydrogen (secondary N) is 1. The Balaban J connectivity index is 1.82. The number of anilines is 2. The van der Waals surface area contributed by atoms with Gasteiger partial charge in [0.15, 0.2) is 0 Å². The lowest BCUT2D eigenvalue weighted by Gasteiger charge is -2.33. The second kappa shape index (κ2) is 7.52. The SMILES string of the molecule is CC(=O)Nc1nc(N2CCN(C)CC2)c2cc(-c3ccc(F)cc3)ccc2n1. The number of fused-ring (bicyclic) bond motifs is 1. The van der Waals surface area contributed by atoms with E-state index >= 15 is 0 Å². The second-order valence-electron chi connectivity index (χ2n) is 7.08. The van der Waals surface area contributed by atoms with Crippen molar-refractivity contribution < 1.29 is 9.18 Å². The highest BCUT2D eigenvalue weighted by molar-refractivity contribution is 5.95. The van der Waals surface area contributed by atoms with E-state index in [-0.39, 0.29) is 11.7 Å². The Kier molecular flexibility index (Phi) is 4.92. The summed E-state index contributed by atoms with van der Waals surface area (Å²) >= 11 is 0. The Morgan fingerprint density at radius 1 is 1.00 bits per heavy atom. The van der Waals surface area contributed by atoms with Crippen molar-refractivity contribution in [2.24, 2.45) is 0 Å². The third kappa shape index (κ3) is 3.80. The van der Waals surface area contributed by atoms with Crippen LogP contribution in [0.1, 0.15) is 6.92 Å². The van der Waals surface area contributed by atoms with E-state index in [0.29, 0.717) is 5.95 Å². The van der Waals surface area contributed by atoms with Crippen LogP contribution in [-0.2, 0) is 4.79 Å². The van der Waals surface area contributed by atoms with Crippen LogP contribution in [0.5, 0.6) is 0 Å². The van der Waals surface area contributed by atoms with Crippen molar-refractivity contribution >= 4 is 28.6 Å². The number of aromatic nitrogens is 2. The van der Waals surface area contributed by atoms with E-state index in [9.17, 15) is 9.18 Å². The molecule has 144 valence electrons. The van der Waals surface area contributed by atoms with Crippen LogP contribution in [0.3, 0.4) is 0 Å². The van der Waals surface area contributed by atoms with Gasteiger partial charge in [-0.25, -0.2) is 9.37 Å². The number of carbonyl (C=O) groups is 1. The smallest absolute Gasteiger partial charge is 0.231 e. The fourth-order valence-electron chi connectivity index (χ4n) is 3.41. The first-order valence-corrected chi connectivity index (χ1v) is 9.28. The van der Waals surface area contributed by atoms with Gasteiger partial charge in [-0.05, 0) is 42.4 Å². The normalized spacial score (nSPS) is 15.0. The second-order valence-corrected chi connectivity index (χ2v) is 7.08. The molecule has 1 fully saturated rings. The molecule has 1 aliphatic heterocycles. The third-order valence-corrected chi connectivity index (χ3v) is 4.94. The van der Waals surface area contributed by atoms with Gasteiger partial charge >= 0.3 is 0 Å². The fourth-order valence-corrected chi connectivity index (χ4v) is 3.41. The number of amides is 1. The monoisotopic (exact) mass is 379 g/mol. The fraction of sp³-hybridized carbons (Fsp3) is 0.286. The van der Waals surface area contributed by atoms with Crippen molar-refractivity contribution in [1.82, 2.24) is 14.9 Å². The maximum Gasteiger partial charge on any atom is 0.231 e. The Hall–Kier alpha value is -3.06. The number of benzene rings is 2. The summed E-state index contributed by atoms with van der Waals surface area (Å²) in [5, 5.41) is 3.61.